The lowest BCUT2D eigenvalue weighted by molar-refractivity contribution is -0.0215. The van der Waals surface area contributed by atoms with Crippen LogP contribution in [-0.2, 0) is 11.3 Å². The van der Waals surface area contributed by atoms with Gasteiger partial charge in [-0.05, 0) is 37.3 Å². The molecule has 4 nitrogen and oxygen atoms in total. The summed E-state index contributed by atoms with van der Waals surface area (Å²) in [6.07, 6.45) is 2.69. The van der Waals surface area contributed by atoms with Gasteiger partial charge in [0.1, 0.15) is 0 Å². The third-order valence-corrected chi connectivity index (χ3v) is 4.36. The van der Waals surface area contributed by atoms with Crippen LogP contribution in [0.5, 0.6) is 0 Å². The molecule has 0 bridgehead atoms. The number of allylic oxidation sites excluding steroid dienone is 1. The van der Waals surface area contributed by atoms with E-state index in [1.165, 1.54) is 12.8 Å². The molecule has 2 heterocycles. The number of aromatic amines is 1. The van der Waals surface area contributed by atoms with E-state index < -0.39 is 0 Å². The number of nitrogens with one attached hydrogen (secondary N) is 1. The van der Waals surface area contributed by atoms with E-state index in [4.69, 9.17) is 4.74 Å². The number of Topliss-reactive ketones (excluding diaryl/α,β-unsaturated/α-hetero) is 1. The van der Waals surface area contributed by atoms with Gasteiger partial charge in [0.25, 0.3) is 0 Å². The molecular weight excluding hydrogens is 264 g/mol. The van der Waals surface area contributed by atoms with E-state index in [1.54, 1.807) is 6.92 Å². The average Bonchev–Trinajstić information content (AvgIpc) is 3.19. The zero-order valence-electron chi connectivity index (χ0n) is 12.9. The van der Waals surface area contributed by atoms with Crippen LogP contribution in [0.4, 0.5) is 0 Å². The predicted octanol–water partition coefficient (Wildman–Crippen LogP) is 2.86. The minimum Gasteiger partial charge on any atom is -0.376 e. The van der Waals surface area contributed by atoms with E-state index in [9.17, 15) is 4.79 Å². The van der Waals surface area contributed by atoms with Crippen LogP contribution in [0.1, 0.15) is 48.4 Å². The second-order valence-electron chi connectivity index (χ2n) is 6.36. The number of ether oxygens (including phenoxy) is 1. The van der Waals surface area contributed by atoms with E-state index >= 15 is 0 Å². The van der Waals surface area contributed by atoms with Crippen LogP contribution >= 0.6 is 0 Å². The number of nitrogens with zero attached hydrogens (tertiary/aromatic N) is 1. The van der Waals surface area contributed by atoms with Crippen molar-refractivity contribution in [3.63, 3.8) is 0 Å². The zero-order valence-corrected chi connectivity index (χ0v) is 12.9. The lowest BCUT2D eigenvalue weighted by Crippen LogP contribution is -2.40. The van der Waals surface area contributed by atoms with Crippen molar-refractivity contribution in [2.24, 2.45) is 5.92 Å². The molecule has 2 aliphatic rings. The van der Waals surface area contributed by atoms with Gasteiger partial charge in [-0.1, -0.05) is 6.58 Å². The van der Waals surface area contributed by atoms with Crippen LogP contribution in [0.2, 0.25) is 0 Å². The molecule has 0 unspecified atom stereocenters. The molecular formula is C17H24N2O2. The predicted molar refractivity (Wildman–Crippen MR) is 83.2 cm³/mol. The maximum absolute atomic E-state index is 11.9. The number of ketones is 1. The van der Waals surface area contributed by atoms with Gasteiger partial charge in [0.2, 0.25) is 0 Å². The summed E-state index contributed by atoms with van der Waals surface area (Å²) < 4.78 is 5.57. The summed E-state index contributed by atoms with van der Waals surface area (Å²) in [5.41, 5.74) is 3.98. The molecule has 4 heteroatoms. The molecule has 1 saturated heterocycles. The summed E-state index contributed by atoms with van der Waals surface area (Å²) in [7, 11) is 0. The number of hydrogen-bond donors (Lipinski definition) is 1. The molecule has 1 aliphatic heterocycles. The molecule has 2 fully saturated rings. The molecule has 1 N–H and O–H groups in total. The van der Waals surface area contributed by atoms with Gasteiger partial charge in [-0.3, -0.25) is 9.69 Å². The normalized spacial score (nSPS) is 23.2. The maximum Gasteiger partial charge on any atom is 0.176 e. The van der Waals surface area contributed by atoms with Crippen molar-refractivity contribution in [1.82, 2.24) is 9.88 Å². The van der Waals surface area contributed by atoms with Gasteiger partial charge >= 0.3 is 0 Å². The minimum atomic E-state index is 0.0911. The molecule has 0 amide bonds. The standard InChI is InChI=1S/C17H24N2O2/c1-11-9-19(6-7-21-11)10-15-8-16(12(2)14-4-5-14)17(18-15)13(3)20/h8,11,14,18H,2,4-7,9-10H2,1,3H3/t11-/m1/s1. The molecule has 1 aliphatic carbocycles. The Balaban J connectivity index is 1.77. The average molecular weight is 288 g/mol. The number of aromatic nitrogens is 1. The smallest absolute Gasteiger partial charge is 0.176 e. The lowest BCUT2D eigenvalue weighted by Gasteiger charge is -2.30. The van der Waals surface area contributed by atoms with Crippen molar-refractivity contribution >= 4 is 11.4 Å². The zero-order chi connectivity index (χ0) is 15.0. The summed E-state index contributed by atoms with van der Waals surface area (Å²) in [4.78, 5) is 17.5. The van der Waals surface area contributed by atoms with Gasteiger partial charge in [0.05, 0.1) is 18.4 Å². The number of H-pyrrole nitrogens is 1. The van der Waals surface area contributed by atoms with Gasteiger partial charge in [0.15, 0.2) is 5.78 Å². The summed E-state index contributed by atoms with van der Waals surface area (Å²) in [5.74, 6) is 0.670. The summed E-state index contributed by atoms with van der Waals surface area (Å²) >= 11 is 0. The molecule has 21 heavy (non-hydrogen) atoms. The molecule has 0 spiro atoms. The van der Waals surface area contributed by atoms with Gasteiger partial charge in [0, 0.05) is 37.8 Å². The van der Waals surface area contributed by atoms with Crippen molar-refractivity contribution in [3.8, 4) is 0 Å². The Morgan fingerprint density at radius 2 is 2.29 bits per heavy atom. The monoisotopic (exact) mass is 288 g/mol. The Morgan fingerprint density at radius 3 is 2.90 bits per heavy atom. The molecule has 0 radical (unpaired) electrons. The highest BCUT2D eigenvalue weighted by Crippen LogP contribution is 2.42. The summed E-state index contributed by atoms with van der Waals surface area (Å²) in [6.45, 7) is 11.4. The highest BCUT2D eigenvalue weighted by Gasteiger charge is 2.28. The Hall–Kier alpha value is -1.39. The van der Waals surface area contributed by atoms with Crippen molar-refractivity contribution in [1.29, 1.82) is 0 Å². The summed E-state index contributed by atoms with van der Waals surface area (Å²) in [5, 5.41) is 0. The quantitative estimate of drug-likeness (QED) is 0.847. The second-order valence-corrected chi connectivity index (χ2v) is 6.36. The number of morpholine rings is 1. The first kappa shape index (κ1) is 14.5. The Labute approximate surface area is 126 Å². The number of carbonyl (C=O) groups excluding carboxylic acids is 1. The first-order valence-electron chi connectivity index (χ1n) is 7.80. The van der Waals surface area contributed by atoms with Crippen LogP contribution in [0.25, 0.3) is 5.57 Å². The largest absolute Gasteiger partial charge is 0.376 e. The van der Waals surface area contributed by atoms with E-state index in [0.29, 0.717) is 5.92 Å². The first-order chi connectivity index (χ1) is 10.0. The van der Waals surface area contributed by atoms with E-state index in [2.05, 4.69) is 29.5 Å². The Bertz CT molecular complexity index is 557. The fraction of sp³-hybridized carbons (Fsp3) is 0.588. The van der Waals surface area contributed by atoms with Crippen LogP contribution in [0.15, 0.2) is 12.6 Å². The van der Waals surface area contributed by atoms with Crippen molar-refractivity contribution in [3.05, 3.63) is 29.6 Å². The Kier molecular flexibility index (Phi) is 4.00. The fourth-order valence-corrected chi connectivity index (χ4v) is 3.05. The summed E-state index contributed by atoms with van der Waals surface area (Å²) in [6, 6.07) is 2.12. The number of carbonyl (C=O) groups is 1. The third kappa shape index (κ3) is 3.27. The Morgan fingerprint density at radius 1 is 1.52 bits per heavy atom. The molecule has 114 valence electrons. The number of hydrogen-bond acceptors (Lipinski definition) is 3. The van der Waals surface area contributed by atoms with Gasteiger partial charge in [-0.25, -0.2) is 0 Å². The topological polar surface area (TPSA) is 45.3 Å². The van der Waals surface area contributed by atoms with E-state index in [0.717, 1.165) is 48.8 Å². The molecule has 3 rings (SSSR count). The van der Waals surface area contributed by atoms with Crippen LogP contribution in [-0.4, -0.2) is 41.5 Å². The SMILES string of the molecule is C=C(c1cc(CN2CCO[C@H](C)C2)[nH]c1C(C)=O)C1CC1. The van der Waals surface area contributed by atoms with Gasteiger partial charge in [-0.2, -0.15) is 0 Å². The minimum absolute atomic E-state index is 0.0911. The first-order valence-corrected chi connectivity index (χ1v) is 7.80. The molecule has 1 atom stereocenters. The lowest BCUT2D eigenvalue weighted by atomic mass is 10.0. The maximum atomic E-state index is 11.9. The fourth-order valence-electron chi connectivity index (χ4n) is 3.05. The van der Waals surface area contributed by atoms with Gasteiger partial charge < -0.3 is 9.72 Å². The van der Waals surface area contributed by atoms with Crippen LogP contribution < -0.4 is 0 Å². The molecule has 1 aromatic rings. The van der Waals surface area contributed by atoms with E-state index in [1.807, 2.05) is 0 Å². The third-order valence-electron chi connectivity index (χ3n) is 4.36. The van der Waals surface area contributed by atoms with Gasteiger partial charge in [-0.15, -0.1) is 0 Å². The second kappa shape index (κ2) is 5.78. The van der Waals surface area contributed by atoms with Crippen molar-refractivity contribution < 1.29 is 9.53 Å². The number of rotatable bonds is 5. The highest BCUT2D eigenvalue weighted by atomic mass is 16.5. The molecule has 1 saturated carbocycles. The highest BCUT2D eigenvalue weighted by molar-refractivity contribution is 5.97. The van der Waals surface area contributed by atoms with Crippen LogP contribution in [0, 0.1) is 5.92 Å². The van der Waals surface area contributed by atoms with Crippen molar-refractivity contribution in [2.45, 2.75) is 39.3 Å². The van der Waals surface area contributed by atoms with E-state index in [-0.39, 0.29) is 11.9 Å². The van der Waals surface area contributed by atoms with Crippen LogP contribution in [0.3, 0.4) is 0 Å². The molecule has 0 aromatic carbocycles. The van der Waals surface area contributed by atoms with Crippen molar-refractivity contribution in [2.75, 3.05) is 19.7 Å². The molecule has 1 aromatic heterocycles.